The Morgan fingerprint density at radius 1 is 1.22 bits per heavy atom. The number of amides is 2. The number of hydrogen-bond acceptors (Lipinski definition) is 7. The van der Waals surface area contributed by atoms with Crippen molar-refractivity contribution in [3.63, 3.8) is 0 Å². The zero-order chi connectivity index (χ0) is 22.5. The van der Waals surface area contributed by atoms with Crippen molar-refractivity contribution < 1.29 is 14.7 Å². The highest BCUT2D eigenvalue weighted by Crippen LogP contribution is 2.18. The molecular formula is C23H30N6O3. The molecule has 0 spiro atoms. The number of fused-ring (bicyclic) bond motifs is 1. The van der Waals surface area contributed by atoms with Gasteiger partial charge in [-0.15, -0.1) is 0 Å². The van der Waals surface area contributed by atoms with Crippen LogP contribution in [0.25, 0.3) is 0 Å². The van der Waals surface area contributed by atoms with Gasteiger partial charge in [0.2, 0.25) is 5.91 Å². The lowest BCUT2D eigenvalue weighted by molar-refractivity contribution is -0.134. The molecule has 2 aliphatic rings. The van der Waals surface area contributed by atoms with Crippen LogP contribution in [0.3, 0.4) is 0 Å². The van der Waals surface area contributed by atoms with Gasteiger partial charge in [0.15, 0.2) is 0 Å². The fraction of sp³-hybridized carbons (Fsp3) is 0.478. The molecule has 0 aliphatic carbocycles. The van der Waals surface area contributed by atoms with Gasteiger partial charge >= 0.3 is 0 Å². The predicted molar refractivity (Wildman–Crippen MR) is 120 cm³/mol. The third-order valence-corrected chi connectivity index (χ3v) is 5.97. The first-order chi connectivity index (χ1) is 15.5. The summed E-state index contributed by atoms with van der Waals surface area (Å²) in [6, 6.07) is 10.1. The molecule has 0 radical (unpaired) electrons. The van der Waals surface area contributed by atoms with Crippen LogP contribution in [0.4, 0.5) is 5.82 Å². The lowest BCUT2D eigenvalue weighted by Gasteiger charge is -2.39. The van der Waals surface area contributed by atoms with Gasteiger partial charge in [0, 0.05) is 51.8 Å². The number of likely N-dealkylation sites (tertiary alicyclic amines) is 1. The van der Waals surface area contributed by atoms with E-state index in [1.165, 1.54) is 17.5 Å². The van der Waals surface area contributed by atoms with Crippen molar-refractivity contribution in [1.82, 2.24) is 25.1 Å². The number of nitrogens with zero attached hydrogens (tertiary/aromatic N) is 4. The molecule has 3 N–H and O–H groups in total. The molecule has 1 saturated heterocycles. The number of anilines is 1. The van der Waals surface area contributed by atoms with E-state index in [4.69, 9.17) is 0 Å². The van der Waals surface area contributed by atoms with Crippen LogP contribution in [0, 0.1) is 0 Å². The zero-order valence-electron chi connectivity index (χ0n) is 18.3. The summed E-state index contributed by atoms with van der Waals surface area (Å²) in [6.07, 6.45) is 2.14. The number of aliphatic hydroxyl groups is 1. The highest BCUT2D eigenvalue weighted by molar-refractivity contribution is 5.92. The van der Waals surface area contributed by atoms with E-state index in [1.54, 1.807) is 11.0 Å². The minimum Gasteiger partial charge on any atom is -0.390 e. The van der Waals surface area contributed by atoms with E-state index in [-0.39, 0.29) is 30.1 Å². The van der Waals surface area contributed by atoms with E-state index in [2.05, 4.69) is 43.7 Å². The van der Waals surface area contributed by atoms with Gasteiger partial charge in [-0.2, -0.15) is 0 Å². The summed E-state index contributed by atoms with van der Waals surface area (Å²) in [5.41, 5.74) is 2.90. The SMILES string of the molecule is CCC(=O)N1CC(Nc2cc(C(=O)NCC(O)CN3CCc4ccccc4C3)ncn2)C1. The molecule has 1 atom stereocenters. The Morgan fingerprint density at radius 3 is 2.78 bits per heavy atom. The maximum Gasteiger partial charge on any atom is 0.270 e. The van der Waals surface area contributed by atoms with Gasteiger partial charge in [-0.1, -0.05) is 31.2 Å². The van der Waals surface area contributed by atoms with Gasteiger partial charge in [0.25, 0.3) is 5.91 Å². The average molecular weight is 439 g/mol. The van der Waals surface area contributed by atoms with Gasteiger partial charge in [-0.3, -0.25) is 14.5 Å². The lowest BCUT2D eigenvalue weighted by atomic mass is 10.00. The van der Waals surface area contributed by atoms with Crippen molar-refractivity contribution in [2.75, 3.05) is 38.0 Å². The predicted octanol–water partition coefficient (Wildman–Crippen LogP) is 0.658. The number of nitrogens with one attached hydrogen (secondary N) is 2. The Balaban J connectivity index is 1.22. The van der Waals surface area contributed by atoms with E-state index in [0.717, 1.165) is 19.5 Å². The molecule has 4 rings (SSSR count). The minimum atomic E-state index is -0.666. The molecule has 9 nitrogen and oxygen atoms in total. The van der Waals surface area contributed by atoms with Crippen LogP contribution >= 0.6 is 0 Å². The second-order valence-corrected chi connectivity index (χ2v) is 8.40. The first-order valence-corrected chi connectivity index (χ1v) is 11.1. The van der Waals surface area contributed by atoms with Gasteiger partial charge in [-0.05, 0) is 17.5 Å². The molecule has 3 heterocycles. The van der Waals surface area contributed by atoms with Crippen molar-refractivity contribution in [2.45, 2.75) is 38.5 Å². The van der Waals surface area contributed by atoms with E-state index >= 15 is 0 Å². The van der Waals surface area contributed by atoms with E-state index in [9.17, 15) is 14.7 Å². The fourth-order valence-corrected chi connectivity index (χ4v) is 4.14. The number of β-amino-alcohol motifs (C(OH)–C–C–N with tert-alkyl or cyclic N) is 1. The largest absolute Gasteiger partial charge is 0.390 e. The molecule has 1 aromatic carbocycles. The molecule has 1 fully saturated rings. The van der Waals surface area contributed by atoms with E-state index in [0.29, 0.717) is 31.9 Å². The van der Waals surface area contributed by atoms with Crippen LogP contribution in [0.15, 0.2) is 36.7 Å². The normalized spacial score (nSPS) is 17.2. The molecule has 0 bridgehead atoms. The van der Waals surface area contributed by atoms with Gasteiger partial charge in [0.1, 0.15) is 17.8 Å². The topological polar surface area (TPSA) is 111 Å². The number of aliphatic hydroxyl groups excluding tert-OH is 1. The first-order valence-electron chi connectivity index (χ1n) is 11.1. The summed E-state index contributed by atoms with van der Waals surface area (Å²) in [6.45, 7) is 5.47. The van der Waals surface area contributed by atoms with Crippen LogP contribution in [0.2, 0.25) is 0 Å². The second-order valence-electron chi connectivity index (χ2n) is 8.40. The molecule has 9 heteroatoms. The number of benzene rings is 1. The van der Waals surface area contributed by atoms with Crippen LogP contribution in [0.1, 0.15) is 35.0 Å². The molecule has 2 amide bonds. The van der Waals surface area contributed by atoms with Crippen molar-refractivity contribution >= 4 is 17.6 Å². The number of hydrogen-bond donors (Lipinski definition) is 3. The van der Waals surface area contributed by atoms with Gasteiger partial charge in [-0.25, -0.2) is 9.97 Å². The monoisotopic (exact) mass is 438 g/mol. The maximum absolute atomic E-state index is 12.5. The molecule has 0 saturated carbocycles. The summed E-state index contributed by atoms with van der Waals surface area (Å²) >= 11 is 0. The van der Waals surface area contributed by atoms with Gasteiger partial charge in [0.05, 0.1) is 12.1 Å². The van der Waals surface area contributed by atoms with Crippen molar-refractivity contribution in [2.24, 2.45) is 0 Å². The summed E-state index contributed by atoms with van der Waals surface area (Å²) < 4.78 is 0. The second kappa shape index (κ2) is 10.1. The van der Waals surface area contributed by atoms with Crippen molar-refractivity contribution in [3.8, 4) is 0 Å². The fourth-order valence-electron chi connectivity index (χ4n) is 4.14. The van der Waals surface area contributed by atoms with E-state index < -0.39 is 6.10 Å². The molecular weight excluding hydrogens is 408 g/mol. The van der Waals surface area contributed by atoms with Crippen molar-refractivity contribution in [3.05, 3.63) is 53.5 Å². The molecule has 2 aromatic rings. The Labute approximate surface area is 187 Å². The smallest absolute Gasteiger partial charge is 0.270 e. The van der Waals surface area contributed by atoms with Gasteiger partial charge < -0.3 is 20.6 Å². The first kappa shape index (κ1) is 22.2. The zero-order valence-corrected chi connectivity index (χ0v) is 18.3. The molecule has 1 aromatic heterocycles. The standard InChI is InChI=1S/C23H30N6O3/c1-2-22(31)29-12-18(13-29)27-21-9-20(25-15-26-21)23(32)24-10-19(30)14-28-8-7-16-5-3-4-6-17(16)11-28/h3-6,9,15,18-19,30H,2,7-8,10-14H2,1H3,(H,24,32)(H,25,26,27). The number of carbonyl (C=O) groups excluding carboxylic acids is 2. The summed E-state index contributed by atoms with van der Waals surface area (Å²) in [5, 5.41) is 16.4. The minimum absolute atomic E-state index is 0.118. The highest BCUT2D eigenvalue weighted by Gasteiger charge is 2.29. The third kappa shape index (κ3) is 5.41. The lowest BCUT2D eigenvalue weighted by Crippen LogP contribution is -2.56. The Hall–Kier alpha value is -3.04. The van der Waals surface area contributed by atoms with Crippen LogP contribution in [0.5, 0.6) is 0 Å². The Morgan fingerprint density at radius 2 is 2.00 bits per heavy atom. The molecule has 1 unspecified atom stereocenters. The number of aromatic nitrogens is 2. The molecule has 2 aliphatic heterocycles. The Bertz CT molecular complexity index is 962. The molecule has 170 valence electrons. The summed E-state index contributed by atoms with van der Waals surface area (Å²) in [4.78, 5) is 36.3. The van der Waals surface area contributed by atoms with Crippen LogP contribution < -0.4 is 10.6 Å². The highest BCUT2D eigenvalue weighted by atomic mass is 16.3. The van der Waals surface area contributed by atoms with Crippen LogP contribution in [-0.4, -0.2) is 81.6 Å². The Kier molecular flexibility index (Phi) is 6.96. The van der Waals surface area contributed by atoms with Crippen LogP contribution in [-0.2, 0) is 17.8 Å². The third-order valence-electron chi connectivity index (χ3n) is 5.97. The maximum atomic E-state index is 12.5. The van der Waals surface area contributed by atoms with Crippen molar-refractivity contribution in [1.29, 1.82) is 0 Å². The molecule has 32 heavy (non-hydrogen) atoms. The average Bonchev–Trinajstić information content (AvgIpc) is 2.79. The number of rotatable bonds is 8. The summed E-state index contributed by atoms with van der Waals surface area (Å²) in [5.74, 6) is 0.333. The van der Waals surface area contributed by atoms with E-state index in [1.807, 2.05) is 13.0 Å². The number of carbonyl (C=O) groups is 2. The summed E-state index contributed by atoms with van der Waals surface area (Å²) in [7, 11) is 0. The quantitative estimate of drug-likeness (QED) is 0.555.